The van der Waals surface area contributed by atoms with Crippen molar-refractivity contribution in [1.29, 1.82) is 0 Å². The highest BCUT2D eigenvalue weighted by molar-refractivity contribution is 5.84. The molecular weight excluding hydrogens is 266 g/mol. The standard InChI is InChI=1S/C16H23N3O2/c1-5-16(6-2,15(20)21-8-4)14-18-12-11-17-10-9-13(12)19(14)7-3/h9-11H,5-8H2,1-4H3. The summed E-state index contributed by atoms with van der Waals surface area (Å²) in [4.78, 5) is 21.4. The molecule has 5 nitrogen and oxygen atoms in total. The van der Waals surface area contributed by atoms with Crippen LogP contribution in [0.15, 0.2) is 18.5 Å². The van der Waals surface area contributed by atoms with E-state index >= 15 is 0 Å². The number of rotatable bonds is 6. The second kappa shape index (κ2) is 6.24. The molecule has 21 heavy (non-hydrogen) atoms. The number of aromatic nitrogens is 3. The Morgan fingerprint density at radius 1 is 1.29 bits per heavy atom. The highest BCUT2D eigenvalue weighted by Gasteiger charge is 2.42. The van der Waals surface area contributed by atoms with Gasteiger partial charge in [0.25, 0.3) is 0 Å². The SMILES string of the molecule is CCOC(=O)C(CC)(CC)c1nc2cnccc2n1CC. The molecule has 0 aliphatic heterocycles. The number of esters is 1. The van der Waals surface area contributed by atoms with E-state index in [0.717, 1.165) is 23.4 Å². The predicted molar refractivity (Wildman–Crippen MR) is 82.1 cm³/mol. The van der Waals surface area contributed by atoms with Crippen LogP contribution in [-0.4, -0.2) is 27.1 Å². The number of nitrogens with zero attached hydrogens (tertiary/aromatic N) is 3. The molecule has 0 saturated heterocycles. The minimum absolute atomic E-state index is 0.187. The average Bonchev–Trinajstić information content (AvgIpc) is 2.88. The molecule has 2 heterocycles. The van der Waals surface area contributed by atoms with E-state index in [0.29, 0.717) is 19.4 Å². The van der Waals surface area contributed by atoms with E-state index in [9.17, 15) is 4.79 Å². The molecule has 0 bridgehead atoms. The lowest BCUT2D eigenvalue weighted by atomic mass is 9.81. The summed E-state index contributed by atoms with van der Waals surface area (Å²) in [6.07, 6.45) is 4.83. The second-order valence-electron chi connectivity index (χ2n) is 5.05. The van der Waals surface area contributed by atoms with Crippen LogP contribution in [0.2, 0.25) is 0 Å². The van der Waals surface area contributed by atoms with Crippen LogP contribution in [0.5, 0.6) is 0 Å². The number of carbonyl (C=O) groups excluding carboxylic acids is 1. The zero-order chi connectivity index (χ0) is 15.5. The average molecular weight is 289 g/mol. The molecule has 0 amide bonds. The third-order valence-electron chi connectivity index (χ3n) is 4.17. The lowest BCUT2D eigenvalue weighted by molar-refractivity contribution is -0.151. The summed E-state index contributed by atoms with van der Waals surface area (Å²) in [5.41, 5.74) is 1.15. The zero-order valence-electron chi connectivity index (χ0n) is 13.2. The maximum Gasteiger partial charge on any atom is 0.319 e. The third kappa shape index (κ3) is 2.41. The number of hydrogen-bond donors (Lipinski definition) is 0. The van der Waals surface area contributed by atoms with E-state index in [-0.39, 0.29) is 5.97 Å². The molecule has 0 saturated carbocycles. The summed E-state index contributed by atoms with van der Waals surface area (Å²) in [6, 6.07) is 1.94. The fourth-order valence-corrected chi connectivity index (χ4v) is 2.88. The van der Waals surface area contributed by atoms with Crippen LogP contribution >= 0.6 is 0 Å². The van der Waals surface area contributed by atoms with Crippen LogP contribution in [0.1, 0.15) is 46.4 Å². The normalized spacial score (nSPS) is 11.8. The van der Waals surface area contributed by atoms with Crippen LogP contribution in [0.25, 0.3) is 11.0 Å². The maximum absolute atomic E-state index is 12.6. The zero-order valence-corrected chi connectivity index (χ0v) is 13.2. The van der Waals surface area contributed by atoms with Gasteiger partial charge in [0.15, 0.2) is 0 Å². The molecule has 2 aromatic rings. The third-order valence-corrected chi connectivity index (χ3v) is 4.17. The molecule has 0 aliphatic rings. The van der Waals surface area contributed by atoms with Crippen molar-refractivity contribution in [3.05, 3.63) is 24.3 Å². The topological polar surface area (TPSA) is 57.0 Å². The van der Waals surface area contributed by atoms with Crippen molar-refractivity contribution in [3.8, 4) is 0 Å². The molecule has 0 fully saturated rings. The number of imidazole rings is 1. The number of pyridine rings is 1. The largest absolute Gasteiger partial charge is 0.465 e. The summed E-state index contributed by atoms with van der Waals surface area (Å²) in [7, 11) is 0. The Morgan fingerprint density at radius 2 is 2.00 bits per heavy atom. The highest BCUT2D eigenvalue weighted by Crippen LogP contribution is 2.34. The van der Waals surface area contributed by atoms with Gasteiger partial charge in [0, 0.05) is 12.7 Å². The number of hydrogen-bond acceptors (Lipinski definition) is 4. The fraction of sp³-hybridized carbons (Fsp3) is 0.562. The molecule has 0 aromatic carbocycles. The van der Waals surface area contributed by atoms with Gasteiger partial charge in [0.2, 0.25) is 0 Å². The van der Waals surface area contributed by atoms with Crippen molar-refractivity contribution in [2.75, 3.05) is 6.61 Å². The molecule has 0 radical (unpaired) electrons. The lowest BCUT2D eigenvalue weighted by Crippen LogP contribution is -2.39. The molecule has 0 atom stereocenters. The van der Waals surface area contributed by atoms with Crippen LogP contribution < -0.4 is 0 Å². The van der Waals surface area contributed by atoms with E-state index in [4.69, 9.17) is 9.72 Å². The van der Waals surface area contributed by atoms with Crippen molar-refractivity contribution in [2.24, 2.45) is 0 Å². The second-order valence-corrected chi connectivity index (χ2v) is 5.05. The van der Waals surface area contributed by atoms with Gasteiger partial charge < -0.3 is 9.30 Å². The summed E-state index contributed by atoms with van der Waals surface area (Å²) in [6.45, 7) is 9.06. The van der Waals surface area contributed by atoms with Gasteiger partial charge in [0.1, 0.15) is 16.8 Å². The van der Waals surface area contributed by atoms with Gasteiger partial charge in [-0.2, -0.15) is 0 Å². The van der Waals surface area contributed by atoms with Gasteiger partial charge >= 0.3 is 5.97 Å². The first kappa shape index (κ1) is 15.5. The van der Waals surface area contributed by atoms with Crippen molar-refractivity contribution in [2.45, 2.75) is 52.5 Å². The van der Waals surface area contributed by atoms with E-state index in [1.54, 1.807) is 12.4 Å². The Kier molecular flexibility index (Phi) is 4.60. The Hall–Kier alpha value is -1.91. The minimum Gasteiger partial charge on any atom is -0.465 e. The number of ether oxygens (including phenoxy) is 1. The van der Waals surface area contributed by atoms with Gasteiger partial charge in [-0.1, -0.05) is 13.8 Å². The maximum atomic E-state index is 12.6. The monoisotopic (exact) mass is 289 g/mol. The van der Waals surface area contributed by atoms with E-state index in [1.165, 1.54) is 0 Å². The van der Waals surface area contributed by atoms with Gasteiger partial charge in [0.05, 0.1) is 18.3 Å². The molecule has 0 aliphatic carbocycles. The number of fused-ring (bicyclic) bond motifs is 1. The van der Waals surface area contributed by atoms with Crippen LogP contribution in [0, 0.1) is 0 Å². The minimum atomic E-state index is -0.689. The van der Waals surface area contributed by atoms with Crippen molar-refractivity contribution < 1.29 is 9.53 Å². The summed E-state index contributed by atoms with van der Waals surface area (Å²) >= 11 is 0. The molecule has 0 unspecified atom stereocenters. The molecule has 0 N–H and O–H groups in total. The molecule has 0 spiro atoms. The quantitative estimate of drug-likeness (QED) is 0.767. The lowest BCUT2D eigenvalue weighted by Gasteiger charge is -2.29. The Labute approximate surface area is 125 Å². The van der Waals surface area contributed by atoms with Gasteiger partial charge in [-0.15, -0.1) is 0 Å². The van der Waals surface area contributed by atoms with Gasteiger partial charge in [-0.25, -0.2) is 4.98 Å². The first-order chi connectivity index (χ1) is 10.1. The fourth-order valence-electron chi connectivity index (χ4n) is 2.88. The van der Waals surface area contributed by atoms with E-state index < -0.39 is 5.41 Å². The summed E-state index contributed by atoms with van der Waals surface area (Å²) in [5.74, 6) is 0.601. The van der Waals surface area contributed by atoms with Crippen LogP contribution in [0.4, 0.5) is 0 Å². The smallest absolute Gasteiger partial charge is 0.319 e. The van der Waals surface area contributed by atoms with Crippen LogP contribution in [0.3, 0.4) is 0 Å². The van der Waals surface area contributed by atoms with Crippen LogP contribution in [-0.2, 0) is 21.5 Å². The summed E-state index contributed by atoms with van der Waals surface area (Å²) < 4.78 is 7.43. The Morgan fingerprint density at radius 3 is 2.57 bits per heavy atom. The van der Waals surface area contributed by atoms with E-state index in [2.05, 4.69) is 16.5 Å². The highest BCUT2D eigenvalue weighted by atomic mass is 16.5. The first-order valence-electron chi connectivity index (χ1n) is 7.62. The first-order valence-corrected chi connectivity index (χ1v) is 7.62. The van der Waals surface area contributed by atoms with Gasteiger partial charge in [-0.05, 0) is 32.8 Å². The molecular formula is C16H23N3O2. The molecule has 5 heteroatoms. The van der Waals surface area contributed by atoms with Crippen molar-refractivity contribution >= 4 is 17.0 Å². The number of carbonyl (C=O) groups is 1. The Bertz CT molecular complexity index is 629. The van der Waals surface area contributed by atoms with E-state index in [1.807, 2.05) is 26.8 Å². The number of aryl methyl sites for hydroxylation is 1. The molecule has 2 rings (SSSR count). The van der Waals surface area contributed by atoms with Crippen molar-refractivity contribution in [3.63, 3.8) is 0 Å². The van der Waals surface area contributed by atoms with Gasteiger partial charge in [-0.3, -0.25) is 9.78 Å². The molecule has 114 valence electrons. The molecule has 2 aromatic heterocycles. The van der Waals surface area contributed by atoms with Crippen molar-refractivity contribution in [1.82, 2.24) is 14.5 Å². The summed E-state index contributed by atoms with van der Waals surface area (Å²) in [5, 5.41) is 0. The Balaban J connectivity index is 2.67. The predicted octanol–water partition coefficient (Wildman–Crippen LogP) is 3.07.